The van der Waals surface area contributed by atoms with Crippen LogP contribution in [0.4, 0.5) is 17.6 Å². The Kier molecular flexibility index (Phi) is 11.5. The fourth-order valence-corrected chi connectivity index (χ4v) is 7.44. The Morgan fingerprint density at radius 3 is 0.882 bits per heavy atom. The van der Waals surface area contributed by atoms with Crippen molar-refractivity contribution in [1.29, 1.82) is 0 Å². The minimum atomic E-state index is -1.49. The predicted octanol–water partition coefficient (Wildman–Crippen LogP) is 10.8. The zero-order valence-electron chi connectivity index (χ0n) is 21.6. The molecule has 0 heterocycles. The molecule has 4 fully saturated rings. The molecule has 0 aromatic carbocycles. The minimum absolute atomic E-state index is 0.152. The molecule has 0 atom stereocenters. The first kappa shape index (κ1) is 27.8. The second-order valence-electron chi connectivity index (χ2n) is 12.3. The van der Waals surface area contributed by atoms with Crippen molar-refractivity contribution in [2.75, 3.05) is 0 Å². The molecule has 0 spiro atoms. The Bertz CT molecular complexity index is 560. The van der Waals surface area contributed by atoms with Gasteiger partial charge in [0.05, 0.1) is 0 Å². The van der Waals surface area contributed by atoms with Crippen molar-refractivity contribution >= 4 is 0 Å². The van der Waals surface area contributed by atoms with Crippen LogP contribution in [0.2, 0.25) is 0 Å². The van der Waals surface area contributed by atoms with Crippen molar-refractivity contribution in [2.24, 2.45) is 47.3 Å². The zero-order chi connectivity index (χ0) is 24.5. The standard InChI is InChI=1S/2C15H24F2/c2*1-11-2-6-13(7-3-11)14-8-4-12(5-9-14)10-15(16)17/h2*10-14H,2-9H2,1H3. The molecule has 0 N–H and O–H groups in total. The van der Waals surface area contributed by atoms with Crippen LogP contribution in [0.25, 0.3) is 0 Å². The lowest BCUT2D eigenvalue weighted by Gasteiger charge is -2.36. The van der Waals surface area contributed by atoms with Crippen molar-refractivity contribution in [3.8, 4) is 0 Å². The van der Waals surface area contributed by atoms with Gasteiger partial charge in [0.25, 0.3) is 12.2 Å². The van der Waals surface area contributed by atoms with Crippen molar-refractivity contribution in [2.45, 2.75) is 117 Å². The molecule has 0 radical (unpaired) electrons. The van der Waals surface area contributed by atoms with E-state index in [4.69, 9.17) is 0 Å². The van der Waals surface area contributed by atoms with Crippen LogP contribution in [0.3, 0.4) is 0 Å². The van der Waals surface area contributed by atoms with Gasteiger partial charge in [0.2, 0.25) is 0 Å². The minimum Gasteiger partial charge on any atom is -0.174 e. The first-order valence-electron chi connectivity index (χ1n) is 14.4. The molecule has 4 heteroatoms. The second-order valence-corrected chi connectivity index (χ2v) is 12.3. The first-order chi connectivity index (χ1) is 16.3. The Hall–Kier alpha value is -0.800. The van der Waals surface area contributed by atoms with E-state index in [1.54, 1.807) is 0 Å². The Balaban J connectivity index is 0.000000191. The third-order valence-electron chi connectivity index (χ3n) is 9.81. The highest BCUT2D eigenvalue weighted by Gasteiger charge is 2.30. The summed E-state index contributed by atoms with van der Waals surface area (Å²) in [4.78, 5) is 0. The Morgan fingerprint density at radius 1 is 0.412 bits per heavy atom. The van der Waals surface area contributed by atoms with Gasteiger partial charge >= 0.3 is 0 Å². The number of allylic oxidation sites excluding steroid dienone is 2. The van der Waals surface area contributed by atoms with E-state index in [1.165, 1.54) is 89.2 Å². The zero-order valence-corrected chi connectivity index (χ0v) is 21.6. The maximum absolute atomic E-state index is 12.2. The maximum atomic E-state index is 12.2. The van der Waals surface area contributed by atoms with E-state index in [0.717, 1.165) is 61.2 Å². The van der Waals surface area contributed by atoms with E-state index >= 15 is 0 Å². The molecule has 0 aliphatic heterocycles. The van der Waals surface area contributed by atoms with E-state index in [-0.39, 0.29) is 11.8 Å². The van der Waals surface area contributed by atoms with Crippen LogP contribution in [0.15, 0.2) is 24.3 Å². The van der Waals surface area contributed by atoms with Crippen molar-refractivity contribution < 1.29 is 17.6 Å². The fraction of sp³-hybridized carbons (Fsp3) is 0.867. The van der Waals surface area contributed by atoms with Gasteiger partial charge in [0.1, 0.15) is 0 Å². The Labute approximate surface area is 206 Å². The summed E-state index contributed by atoms with van der Waals surface area (Å²) in [5.74, 6) is 5.57. The molecule has 0 amide bonds. The van der Waals surface area contributed by atoms with Gasteiger partial charge in [-0.1, -0.05) is 39.5 Å². The van der Waals surface area contributed by atoms with Crippen molar-refractivity contribution in [3.63, 3.8) is 0 Å². The third-order valence-corrected chi connectivity index (χ3v) is 9.81. The van der Waals surface area contributed by atoms with Gasteiger partial charge in [-0.05, 0) is 137 Å². The van der Waals surface area contributed by atoms with Crippen molar-refractivity contribution in [3.05, 3.63) is 24.3 Å². The smallest absolute Gasteiger partial charge is 0.174 e. The molecule has 4 aliphatic carbocycles. The Morgan fingerprint density at radius 2 is 0.647 bits per heavy atom. The number of hydrogen-bond acceptors (Lipinski definition) is 0. The van der Waals surface area contributed by atoms with Crippen molar-refractivity contribution in [1.82, 2.24) is 0 Å². The van der Waals surface area contributed by atoms with Crippen LogP contribution < -0.4 is 0 Å². The SMILES string of the molecule is CC1CCC(C2CCC(C=C(F)F)CC2)CC1.CC1CCC(C2CCC(C=C(F)F)CC2)CC1. The molecule has 196 valence electrons. The summed E-state index contributed by atoms with van der Waals surface area (Å²) in [5.41, 5.74) is 0. The second kappa shape index (κ2) is 14.1. The molecule has 4 saturated carbocycles. The highest BCUT2D eigenvalue weighted by molar-refractivity contribution is 4.93. The maximum Gasteiger partial charge on any atom is 0.266 e. The lowest BCUT2D eigenvalue weighted by atomic mass is 9.69. The van der Waals surface area contributed by atoms with Gasteiger partial charge < -0.3 is 0 Å². The lowest BCUT2D eigenvalue weighted by molar-refractivity contribution is 0.159. The van der Waals surface area contributed by atoms with E-state index in [0.29, 0.717) is 0 Å². The lowest BCUT2D eigenvalue weighted by Crippen LogP contribution is -2.24. The van der Waals surface area contributed by atoms with Gasteiger partial charge in [0.15, 0.2) is 0 Å². The highest BCUT2D eigenvalue weighted by atomic mass is 19.3. The summed E-state index contributed by atoms with van der Waals surface area (Å²) in [6.07, 6.45) is 19.0. The molecular weight excluding hydrogens is 436 g/mol. The monoisotopic (exact) mass is 484 g/mol. The van der Waals surface area contributed by atoms with E-state index in [2.05, 4.69) is 13.8 Å². The topological polar surface area (TPSA) is 0 Å². The van der Waals surface area contributed by atoms with Crippen LogP contribution in [-0.2, 0) is 0 Å². The molecule has 0 aromatic rings. The predicted molar refractivity (Wildman–Crippen MR) is 134 cm³/mol. The average molecular weight is 485 g/mol. The van der Waals surface area contributed by atoms with Crippen LogP contribution in [0, 0.1) is 47.3 Å². The van der Waals surface area contributed by atoms with Gasteiger partial charge in [-0.15, -0.1) is 0 Å². The van der Waals surface area contributed by atoms with Crippen LogP contribution in [0.1, 0.15) is 117 Å². The van der Waals surface area contributed by atoms with Crippen LogP contribution in [-0.4, -0.2) is 0 Å². The summed E-state index contributed by atoms with van der Waals surface area (Å²) in [6.45, 7) is 4.70. The van der Waals surface area contributed by atoms with E-state index in [1.807, 2.05) is 0 Å². The first-order valence-corrected chi connectivity index (χ1v) is 14.4. The summed E-state index contributed by atoms with van der Waals surface area (Å²) < 4.78 is 48.7. The third kappa shape index (κ3) is 9.34. The molecule has 4 aliphatic rings. The quantitative estimate of drug-likeness (QED) is 0.348. The molecule has 0 aromatic heterocycles. The molecule has 34 heavy (non-hydrogen) atoms. The molecule has 0 bridgehead atoms. The van der Waals surface area contributed by atoms with E-state index in [9.17, 15) is 17.6 Å². The average Bonchev–Trinajstić information content (AvgIpc) is 2.81. The normalized spacial score (nSPS) is 38.8. The van der Waals surface area contributed by atoms with Gasteiger partial charge in [-0.25, -0.2) is 0 Å². The van der Waals surface area contributed by atoms with Crippen LogP contribution in [0.5, 0.6) is 0 Å². The van der Waals surface area contributed by atoms with Gasteiger partial charge in [-0.3, -0.25) is 0 Å². The molecule has 0 nitrogen and oxygen atoms in total. The number of rotatable bonds is 4. The molecule has 4 rings (SSSR count). The summed E-state index contributed by atoms with van der Waals surface area (Å²) in [6, 6.07) is 0. The molecular formula is C30H48F4. The number of halogens is 4. The fourth-order valence-electron chi connectivity index (χ4n) is 7.44. The summed E-state index contributed by atoms with van der Waals surface area (Å²) >= 11 is 0. The van der Waals surface area contributed by atoms with Crippen LogP contribution >= 0.6 is 0 Å². The molecule has 0 saturated heterocycles. The number of hydrogen-bond donors (Lipinski definition) is 0. The highest BCUT2D eigenvalue weighted by Crippen LogP contribution is 2.43. The van der Waals surface area contributed by atoms with E-state index < -0.39 is 12.2 Å². The summed E-state index contributed by atoms with van der Waals surface area (Å²) in [7, 11) is 0. The van der Waals surface area contributed by atoms with Gasteiger partial charge in [0, 0.05) is 0 Å². The largest absolute Gasteiger partial charge is 0.266 e. The molecule has 0 unspecified atom stereocenters. The van der Waals surface area contributed by atoms with Gasteiger partial charge in [-0.2, -0.15) is 17.6 Å². The summed E-state index contributed by atoms with van der Waals surface area (Å²) in [5, 5.41) is 0.